The molecule has 30 nitrogen and oxygen atoms in total. The minimum absolute atomic E-state index is 0.0134. The number of ether oxygens (including phenoxy) is 6. The van der Waals surface area contributed by atoms with Crippen LogP contribution in [0, 0.1) is 40.5 Å². The zero-order valence-corrected chi connectivity index (χ0v) is 40.5. The number of benzene rings is 2. The monoisotopic (exact) mass is 1050 g/mol. The molecule has 4 aromatic rings. The lowest BCUT2D eigenvalue weighted by molar-refractivity contribution is -0.790. The van der Waals surface area contributed by atoms with E-state index in [1.165, 1.54) is 38.6 Å². The van der Waals surface area contributed by atoms with Gasteiger partial charge in [-0.25, -0.2) is 9.97 Å². The minimum atomic E-state index is -4.58. The number of hydrogen-bond acceptors (Lipinski definition) is 25. The van der Waals surface area contributed by atoms with E-state index in [2.05, 4.69) is 39.0 Å². The van der Waals surface area contributed by atoms with Crippen LogP contribution in [-0.2, 0) is 53.9 Å². The fourth-order valence-corrected chi connectivity index (χ4v) is 7.07. The van der Waals surface area contributed by atoms with Crippen molar-refractivity contribution >= 4 is 27.8 Å². The lowest BCUT2D eigenvalue weighted by Crippen LogP contribution is -2.31. The van der Waals surface area contributed by atoms with Gasteiger partial charge in [-0.2, -0.15) is 13.4 Å². The minimum Gasteiger partial charge on any atom is -0.497 e. The second kappa shape index (κ2) is 27.1. The summed E-state index contributed by atoms with van der Waals surface area (Å²) in [4.78, 5) is 99.9. The van der Waals surface area contributed by atoms with Crippen molar-refractivity contribution in [1.82, 2.24) is 15.0 Å². The summed E-state index contributed by atoms with van der Waals surface area (Å²) in [5.41, 5.74) is 0.664. The predicted octanol–water partition coefficient (Wildman–Crippen LogP) is 5.19. The van der Waals surface area contributed by atoms with Crippen LogP contribution in [0.15, 0.2) is 71.9 Å². The number of anilines is 1. The summed E-state index contributed by atoms with van der Waals surface area (Å²) < 4.78 is 64.7. The average molecular weight is 1050 g/mol. The van der Waals surface area contributed by atoms with Crippen LogP contribution in [0.5, 0.6) is 28.9 Å². The normalized spacial score (nSPS) is 12.4. The molecular formula is C42H50N8O22S. The highest BCUT2D eigenvalue weighted by Crippen LogP contribution is 2.42. The Kier molecular flexibility index (Phi) is 21.1. The Balaban J connectivity index is 1.74. The Morgan fingerprint density at radius 2 is 1.29 bits per heavy atom. The van der Waals surface area contributed by atoms with Gasteiger partial charge in [-0.15, -0.1) is 40.5 Å². The number of carbonyl (C=O) groups excluding carboxylic acids is 2. The third kappa shape index (κ3) is 19.2. The van der Waals surface area contributed by atoms with Crippen molar-refractivity contribution in [2.75, 3.05) is 45.4 Å². The van der Waals surface area contributed by atoms with E-state index in [1.807, 2.05) is 20.8 Å². The molecule has 2 aromatic heterocycles. The molecule has 2 heterocycles. The molecule has 4 rings (SSSR count). The second-order valence-corrected chi connectivity index (χ2v) is 17.7. The molecule has 0 spiro atoms. The lowest BCUT2D eigenvalue weighted by Gasteiger charge is -2.21. The van der Waals surface area contributed by atoms with Gasteiger partial charge in [-0.05, 0) is 79.1 Å². The molecule has 3 atom stereocenters. The van der Waals surface area contributed by atoms with Gasteiger partial charge in [-0.3, -0.25) is 14.3 Å². The summed E-state index contributed by atoms with van der Waals surface area (Å²) in [5.74, 6) is -2.90. The molecule has 0 fully saturated rings. The fraction of sp³-hybridized carbons (Fsp3) is 0.452. The molecular weight excluding hydrogens is 1000 g/mol. The number of hydrogen-bond donors (Lipinski definition) is 1. The van der Waals surface area contributed by atoms with Gasteiger partial charge in [0.25, 0.3) is 36.2 Å². The number of aromatic nitrogens is 3. The summed E-state index contributed by atoms with van der Waals surface area (Å²) in [5, 5.41) is 38.0. The van der Waals surface area contributed by atoms with Crippen molar-refractivity contribution in [3.05, 3.63) is 113 Å². The number of nitrogens with zero attached hydrogens (tertiary/aromatic N) is 7. The van der Waals surface area contributed by atoms with Gasteiger partial charge in [0.05, 0.1) is 14.2 Å². The molecule has 396 valence electrons. The number of carbonyl (C=O) groups is 2. The number of nitrogens with one attached hydrogen (secondary N) is 1. The second-order valence-electron chi connectivity index (χ2n) is 16.1. The Morgan fingerprint density at radius 1 is 0.699 bits per heavy atom. The zero-order chi connectivity index (χ0) is 53.7. The molecule has 3 unspecified atom stereocenters. The number of pyridine rings is 1. The van der Waals surface area contributed by atoms with Crippen molar-refractivity contribution in [2.45, 2.75) is 88.0 Å². The quantitative estimate of drug-likeness (QED) is 0.0373. The van der Waals surface area contributed by atoms with E-state index in [4.69, 9.17) is 28.4 Å². The summed E-state index contributed by atoms with van der Waals surface area (Å²) in [6.07, 6.45) is -4.89. The number of esters is 2. The third-order valence-electron chi connectivity index (χ3n) is 9.72. The van der Waals surface area contributed by atoms with Crippen LogP contribution in [-0.4, -0.2) is 115 Å². The average Bonchev–Trinajstić information content (AvgIpc) is 3.33. The maximum absolute atomic E-state index is 14.1. The van der Waals surface area contributed by atoms with Crippen LogP contribution in [0.2, 0.25) is 0 Å². The zero-order valence-electron chi connectivity index (χ0n) is 39.7. The first-order valence-electron chi connectivity index (χ1n) is 21.6. The Labute approximate surface area is 414 Å². The molecule has 0 aliphatic rings. The first-order valence-corrected chi connectivity index (χ1v) is 23.1. The summed E-state index contributed by atoms with van der Waals surface area (Å²) in [6.45, 7) is 2.61. The number of methoxy groups -OCH3 is 2. The number of rotatable bonds is 32. The van der Waals surface area contributed by atoms with E-state index in [0.717, 1.165) is 5.56 Å². The van der Waals surface area contributed by atoms with Crippen LogP contribution < -0.4 is 23.7 Å². The van der Waals surface area contributed by atoms with E-state index in [0.29, 0.717) is 11.3 Å². The Hall–Kier alpha value is -8.64. The first-order chi connectivity index (χ1) is 34.6. The van der Waals surface area contributed by atoms with Crippen molar-refractivity contribution in [1.29, 1.82) is 0 Å². The molecule has 0 radical (unpaired) electrons. The molecule has 1 N–H and O–H groups in total. The largest absolute Gasteiger partial charge is 0.497 e. The molecule has 0 aliphatic carbocycles. The number of para-hydroxylation sites is 2. The molecule has 0 amide bonds. The summed E-state index contributed by atoms with van der Waals surface area (Å²) in [6, 6.07) is 15.4. The third-order valence-corrected chi connectivity index (χ3v) is 11.0. The fourth-order valence-electron chi connectivity index (χ4n) is 6.14. The predicted molar refractivity (Wildman–Crippen MR) is 244 cm³/mol. The molecule has 0 saturated heterocycles. The lowest BCUT2D eigenvalue weighted by atomic mass is 9.88. The van der Waals surface area contributed by atoms with Crippen LogP contribution in [0.3, 0.4) is 0 Å². The van der Waals surface area contributed by atoms with Gasteiger partial charge in [0, 0.05) is 24.6 Å². The van der Waals surface area contributed by atoms with Gasteiger partial charge in [0.2, 0.25) is 5.75 Å². The number of sulfonamides is 1. The topological polar surface area (TPSA) is 384 Å². The Morgan fingerprint density at radius 3 is 1.81 bits per heavy atom. The smallest absolute Gasteiger partial charge is 0.306 e. The van der Waals surface area contributed by atoms with Crippen molar-refractivity contribution in [3.8, 4) is 40.3 Å². The van der Waals surface area contributed by atoms with E-state index >= 15 is 0 Å². The molecule has 0 aliphatic heterocycles. The van der Waals surface area contributed by atoms with Crippen molar-refractivity contribution in [3.63, 3.8) is 0 Å². The highest BCUT2D eigenvalue weighted by Gasteiger charge is 2.29. The SMILES string of the molecule is COc1ccc(-c2nc(NS(=O)(=O)c3ccc(C(C)(C)C)cn3)c(Oc3ccccc3OC)c(OCC(COC(=O)CCCC(CO[N+](=O)[O-])O[N+](=O)[O-])OC(=O)CCCC(CO[N+](=O)[O-])O[N+](=O)[O-])n2)cc1. The molecule has 73 heavy (non-hydrogen) atoms. The first kappa shape index (κ1) is 56.9. The Bertz CT molecular complexity index is 2640. The summed E-state index contributed by atoms with van der Waals surface area (Å²) >= 11 is 0. The van der Waals surface area contributed by atoms with E-state index in [-0.39, 0.29) is 48.4 Å². The van der Waals surface area contributed by atoms with Gasteiger partial charge in [0.1, 0.15) is 44.4 Å². The maximum Gasteiger partial charge on any atom is 0.306 e. The van der Waals surface area contributed by atoms with Gasteiger partial charge in [-0.1, -0.05) is 39.0 Å². The standard InChI is InChI=1S/C42H50N8O22S/c1-42(2,3)28-18-21-35(43-22-28)73(61,62)46-40-38(70-34-13-7-6-12-33(34)64-5)41(45-39(44-40)27-16-19-29(63-4)20-17-27)66-24-32(69-37(52)15-9-11-31(72-50(59)60)26-68-48(55)56)23-65-36(51)14-8-10-30(71-49(57)58)25-67-47(53)54/h6-7,12-13,16-22,30-32H,8-11,14-15,23-26H2,1-5H3,(H,44,45,46). The maximum atomic E-state index is 14.1. The highest BCUT2D eigenvalue weighted by molar-refractivity contribution is 7.92. The molecule has 0 bridgehead atoms. The molecule has 0 saturated carbocycles. The van der Waals surface area contributed by atoms with E-state index < -0.39 is 122 Å². The van der Waals surface area contributed by atoms with Gasteiger partial charge in [0.15, 0.2) is 34.3 Å². The van der Waals surface area contributed by atoms with Crippen LogP contribution >= 0.6 is 0 Å². The van der Waals surface area contributed by atoms with Crippen LogP contribution in [0.4, 0.5) is 5.82 Å². The highest BCUT2D eigenvalue weighted by atomic mass is 32.2. The van der Waals surface area contributed by atoms with Crippen molar-refractivity contribution in [2.24, 2.45) is 0 Å². The van der Waals surface area contributed by atoms with E-state index in [9.17, 15) is 58.5 Å². The van der Waals surface area contributed by atoms with Crippen LogP contribution in [0.25, 0.3) is 11.4 Å². The van der Waals surface area contributed by atoms with Gasteiger partial charge >= 0.3 is 11.9 Å². The molecule has 31 heteroatoms. The van der Waals surface area contributed by atoms with Gasteiger partial charge < -0.3 is 47.8 Å². The van der Waals surface area contributed by atoms with E-state index in [1.54, 1.807) is 42.5 Å². The van der Waals surface area contributed by atoms with Crippen molar-refractivity contribution < 1.29 is 86.1 Å². The summed E-state index contributed by atoms with van der Waals surface area (Å²) in [7, 11) is -1.80. The van der Waals surface area contributed by atoms with Crippen LogP contribution in [0.1, 0.15) is 64.9 Å². The molecule has 2 aromatic carbocycles.